The lowest BCUT2D eigenvalue weighted by molar-refractivity contribution is -0.151. The van der Waals surface area contributed by atoms with E-state index < -0.39 is 29.6 Å². The molecular weight excluding hydrogens is 549 g/mol. The third kappa shape index (κ3) is 7.90. The molecular formula is C28H29ClFNO7S. The van der Waals surface area contributed by atoms with Gasteiger partial charge in [0.1, 0.15) is 5.82 Å². The Labute approximate surface area is 235 Å². The number of halogens is 2. The number of benzene rings is 2. The van der Waals surface area contributed by atoms with Gasteiger partial charge in [0.2, 0.25) is 0 Å². The molecule has 2 amide bonds. The Kier molecular flexibility index (Phi) is 11.5. The Morgan fingerprint density at radius 3 is 2.31 bits per heavy atom. The number of anilines is 1. The molecule has 39 heavy (non-hydrogen) atoms. The molecule has 0 bridgehead atoms. The number of nitrogens with zero attached hydrogens (tertiary/aromatic N) is 1. The predicted molar refractivity (Wildman–Crippen MR) is 145 cm³/mol. The summed E-state index contributed by atoms with van der Waals surface area (Å²) in [7, 11) is 0. The molecule has 208 valence electrons. The van der Waals surface area contributed by atoms with Gasteiger partial charge >= 0.3 is 11.9 Å². The Morgan fingerprint density at radius 1 is 0.949 bits per heavy atom. The molecule has 2 aromatic carbocycles. The van der Waals surface area contributed by atoms with Crippen molar-refractivity contribution in [3.8, 4) is 0 Å². The third-order valence-corrected chi connectivity index (χ3v) is 7.22. The van der Waals surface area contributed by atoms with Gasteiger partial charge in [-0.1, -0.05) is 29.8 Å². The summed E-state index contributed by atoms with van der Waals surface area (Å²) in [5, 5.41) is 0.00202. The van der Waals surface area contributed by atoms with E-state index in [2.05, 4.69) is 0 Å². The number of carbonyl (C=O) groups is 4. The number of amides is 2. The molecule has 2 aromatic rings. The highest BCUT2D eigenvalue weighted by molar-refractivity contribution is 8.00. The summed E-state index contributed by atoms with van der Waals surface area (Å²) in [5.74, 6) is -3.88. The van der Waals surface area contributed by atoms with E-state index >= 15 is 4.39 Å². The van der Waals surface area contributed by atoms with E-state index in [1.807, 2.05) is 0 Å². The van der Waals surface area contributed by atoms with Crippen molar-refractivity contribution in [3.63, 3.8) is 0 Å². The summed E-state index contributed by atoms with van der Waals surface area (Å²) in [5.41, 5.74) is -0.0206. The molecule has 3 rings (SSSR count). The summed E-state index contributed by atoms with van der Waals surface area (Å²) >= 11 is 7.22. The van der Waals surface area contributed by atoms with Crippen LogP contribution in [0, 0.1) is 5.82 Å². The minimum Gasteiger partial charge on any atom is -0.465 e. The molecule has 0 saturated carbocycles. The lowest BCUT2D eigenvalue weighted by atomic mass is 9.90. The molecule has 0 aromatic heterocycles. The smallest absolute Gasteiger partial charge is 0.336 e. The molecule has 1 aliphatic rings. The first-order valence-corrected chi connectivity index (χ1v) is 13.8. The van der Waals surface area contributed by atoms with E-state index in [4.69, 9.17) is 25.8 Å². The SMILES string of the molecule is CCOCOC(=O)C1=C(C(=O)N(C(=O)c2ccccc2)c2cc(SCC(=O)OCC)c(Cl)cc2F)CCCC1. The molecule has 0 fully saturated rings. The first-order valence-electron chi connectivity index (χ1n) is 12.5. The molecule has 11 heteroatoms. The molecule has 8 nitrogen and oxygen atoms in total. The summed E-state index contributed by atoms with van der Waals surface area (Å²) < 4.78 is 30.6. The van der Waals surface area contributed by atoms with Crippen LogP contribution in [-0.2, 0) is 28.6 Å². The molecule has 0 saturated heterocycles. The summed E-state index contributed by atoms with van der Waals surface area (Å²) in [6.45, 7) is 3.67. The topological polar surface area (TPSA) is 99.2 Å². The lowest BCUT2D eigenvalue weighted by Gasteiger charge is -2.26. The highest BCUT2D eigenvalue weighted by Crippen LogP contribution is 2.36. The number of imide groups is 1. The van der Waals surface area contributed by atoms with E-state index in [9.17, 15) is 19.2 Å². The Balaban J connectivity index is 2.08. The molecule has 1 aliphatic carbocycles. The van der Waals surface area contributed by atoms with Crippen LogP contribution in [0.5, 0.6) is 0 Å². The zero-order chi connectivity index (χ0) is 28.4. The molecule has 0 spiro atoms. The van der Waals surface area contributed by atoms with Crippen LogP contribution in [0.4, 0.5) is 10.1 Å². The number of ether oxygens (including phenoxy) is 3. The van der Waals surface area contributed by atoms with Crippen LogP contribution in [0.2, 0.25) is 5.02 Å². The van der Waals surface area contributed by atoms with Gasteiger partial charge in [-0.3, -0.25) is 14.4 Å². The first-order chi connectivity index (χ1) is 18.8. The second kappa shape index (κ2) is 14.8. The second-order valence-electron chi connectivity index (χ2n) is 8.35. The van der Waals surface area contributed by atoms with Crippen molar-refractivity contribution in [1.29, 1.82) is 0 Å². The van der Waals surface area contributed by atoms with E-state index in [1.165, 1.54) is 18.2 Å². The lowest BCUT2D eigenvalue weighted by Crippen LogP contribution is -2.40. The van der Waals surface area contributed by atoms with Crippen molar-refractivity contribution in [1.82, 2.24) is 0 Å². The average Bonchev–Trinajstić information content (AvgIpc) is 2.94. The molecule has 0 atom stereocenters. The van der Waals surface area contributed by atoms with Gasteiger partial charge in [-0.05, 0) is 63.8 Å². The fourth-order valence-corrected chi connectivity index (χ4v) is 4.99. The van der Waals surface area contributed by atoms with Crippen molar-refractivity contribution >= 4 is 52.8 Å². The average molecular weight is 578 g/mol. The Bertz CT molecular complexity index is 1250. The number of hydrogen-bond donors (Lipinski definition) is 0. The maximum atomic E-state index is 15.4. The van der Waals surface area contributed by atoms with Gasteiger partial charge in [0.15, 0.2) is 6.79 Å². The predicted octanol–water partition coefficient (Wildman–Crippen LogP) is 5.72. The molecule has 0 heterocycles. The minimum absolute atomic E-state index is 0.00202. The van der Waals surface area contributed by atoms with Crippen molar-refractivity contribution in [2.75, 3.05) is 30.7 Å². The third-order valence-electron chi connectivity index (χ3n) is 5.77. The van der Waals surface area contributed by atoms with Crippen LogP contribution in [0.1, 0.15) is 49.9 Å². The first kappa shape index (κ1) is 30.3. The molecule has 0 N–H and O–H groups in total. The number of rotatable bonds is 11. The van der Waals surface area contributed by atoms with Crippen molar-refractivity contribution in [2.24, 2.45) is 0 Å². The monoisotopic (exact) mass is 577 g/mol. The number of thioether (sulfide) groups is 1. The standard InChI is InChI=1S/C28H29ClFNO7S/c1-3-36-17-38-28(35)20-13-9-8-12-19(20)27(34)31(26(33)18-10-6-5-7-11-18)23-15-24(21(29)14-22(23)30)39-16-25(32)37-4-2/h5-7,10-11,14-15H,3-4,8-9,12-13,16-17H2,1-2H3. The zero-order valence-corrected chi connectivity index (χ0v) is 23.2. The normalized spacial score (nSPS) is 13.1. The quantitative estimate of drug-likeness (QED) is 0.110. The van der Waals surface area contributed by atoms with Crippen LogP contribution < -0.4 is 4.90 Å². The summed E-state index contributed by atoms with van der Waals surface area (Å²) in [4.78, 5) is 53.3. The Morgan fingerprint density at radius 2 is 1.64 bits per heavy atom. The van der Waals surface area contributed by atoms with Gasteiger partial charge < -0.3 is 14.2 Å². The molecule has 0 aliphatic heterocycles. The van der Waals surface area contributed by atoms with Crippen molar-refractivity contribution in [2.45, 2.75) is 44.4 Å². The minimum atomic E-state index is -0.921. The zero-order valence-electron chi connectivity index (χ0n) is 21.7. The van der Waals surface area contributed by atoms with Crippen molar-refractivity contribution in [3.05, 3.63) is 70.0 Å². The van der Waals surface area contributed by atoms with E-state index in [-0.39, 0.29) is 64.3 Å². The highest BCUT2D eigenvalue weighted by atomic mass is 35.5. The van der Waals surface area contributed by atoms with Gasteiger partial charge in [-0.2, -0.15) is 0 Å². The van der Waals surface area contributed by atoms with E-state index in [0.29, 0.717) is 24.3 Å². The maximum absolute atomic E-state index is 15.4. The fraction of sp³-hybridized carbons (Fsp3) is 0.357. The number of carbonyl (C=O) groups excluding carboxylic acids is 4. The highest BCUT2D eigenvalue weighted by Gasteiger charge is 2.34. The maximum Gasteiger partial charge on any atom is 0.336 e. The van der Waals surface area contributed by atoms with Crippen LogP contribution in [0.3, 0.4) is 0 Å². The van der Waals surface area contributed by atoms with Gasteiger partial charge in [0.05, 0.1) is 23.1 Å². The van der Waals surface area contributed by atoms with Gasteiger partial charge in [0.25, 0.3) is 11.8 Å². The van der Waals surface area contributed by atoms with Crippen LogP contribution in [0.15, 0.2) is 58.5 Å². The molecule has 0 unspecified atom stereocenters. The molecule has 0 radical (unpaired) electrons. The number of hydrogen-bond acceptors (Lipinski definition) is 8. The summed E-state index contributed by atoms with van der Waals surface area (Å²) in [6.07, 6.45) is 1.71. The van der Waals surface area contributed by atoms with E-state index in [0.717, 1.165) is 17.8 Å². The second-order valence-corrected chi connectivity index (χ2v) is 9.77. The van der Waals surface area contributed by atoms with Gasteiger partial charge in [-0.15, -0.1) is 11.8 Å². The number of esters is 2. The fourth-order valence-electron chi connectivity index (χ4n) is 3.93. The van der Waals surface area contributed by atoms with E-state index in [1.54, 1.807) is 32.0 Å². The largest absolute Gasteiger partial charge is 0.465 e. The van der Waals surface area contributed by atoms with Crippen LogP contribution in [-0.4, -0.2) is 49.5 Å². The van der Waals surface area contributed by atoms with Crippen LogP contribution >= 0.6 is 23.4 Å². The summed E-state index contributed by atoms with van der Waals surface area (Å²) in [6, 6.07) is 10.2. The van der Waals surface area contributed by atoms with Gasteiger partial charge in [0, 0.05) is 28.2 Å². The Hall–Kier alpha value is -3.21. The van der Waals surface area contributed by atoms with Crippen molar-refractivity contribution < 1.29 is 37.8 Å². The van der Waals surface area contributed by atoms with Crippen LogP contribution in [0.25, 0.3) is 0 Å². The van der Waals surface area contributed by atoms with Gasteiger partial charge in [-0.25, -0.2) is 14.1 Å².